The van der Waals surface area contributed by atoms with Crippen molar-refractivity contribution in [2.75, 3.05) is 0 Å². The maximum atomic E-state index is 12.5. The number of carbonyl (C=O) groups excluding carboxylic acids is 1. The van der Waals surface area contributed by atoms with Gasteiger partial charge in [0.2, 0.25) is 0 Å². The zero-order valence-corrected chi connectivity index (χ0v) is 31.9. The highest BCUT2D eigenvalue weighted by atomic mass is 16.6. The summed E-state index contributed by atoms with van der Waals surface area (Å²) in [6.07, 6.45) is 9.09. The number of rotatable bonds is 1. The summed E-state index contributed by atoms with van der Waals surface area (Å²) in [5.74, 6) is -6.50. The lowest BCUT2D eigenvalue weighted by atomic mass is 9.82. The number of ether oxygens (including phenoxy) is 2. The average Bonchev–Trinajstić information content (AvgIpc) is 3.08. The van der Waals surface area contributed by atoms with Crippen LogP contribution in [-0.4, -0.2) is 130 Å². The Balaban J connectivity index is 2.18. The molecule has 2 rings (SSSR count). The van der Waals surface area contributed by atoms with Crippen molar-refractivity contribution in [1.82, 2.24) is 0 Å². The Morgan fingerprint density at radius 2 is 1.20 bits per heavy atom. The molecule has 2 heterocycles. The molecule has 2 aliphatic rings. The summed E-state index contributed by atoms with van der Waals surface area (Å²) in [4.78, 5) is 24.5. The number of cyclic esters (lactones) is 1. The van der Waals surface area contributed by atoms with Crippen molar-refractivity contribution < 1.29 is 70.1 Å². The number of aliphatic hydroxyl groups is 9. The maximum Gasteiger partial charge on any atom is 0.311 e. The Kier molecular flexibility index (Phi) is 21.2. The summed E-state index contributed by atoms with van der Waals surface area (Å²) in [5, 5.41) is 105. The molecular formula is C41H62O14. The van der Waals surface area contributed by atoms with Gasteiger partial charge in [-0.15, -0.1) is 0 Å². The van der Waals surface area contributed by atoms with E-state index < -0.39 is 116 Å². The SMILES string of the molecule is C[C@@H]1[C@H](O)[C@@H](C)/C=C/C=C/C=C/C=C/C=C/C=C/C=C/[C@H](O)CC2O[C@](O)(C[C@@H](O)C[C@@H](O)[C@H](O)CC[C@@H](O)C[C@@H](O)CC(=O)O[C@H]1C)C[C@H](O)[C@H]2C(=O)O. The number of aliphatic hydroxyl groups excluding tert-OH is 8. The van der Waals surface area contributed by atoms with Crippen LogP contribution < -0.4 is 0 Å². The Hall–Kier alpha value is -3.28. The van der Waals surface area contributed by atoms with Crippen LogP contribution in [0.5, 0.6) is 0 Å². The van der Waals surface area contributed by atoms with Crippen molar-refractivity contribution in [3.05, 3.63) is 85.1 Å². The summed E-state index contributed by atoms with van der Waals surface area (Å²) in [6, 6.07) is 0. The van der Waals surface area contributed by atoms with Gasteiger partial charge in [-0.1, -0.05) is 98.9 Å². The molecule has 0 spiro atoms. The third-order valence-electron chi connectivity index (χ3n) is 9.83. The summed E-state index contributed by atoms with van der Waals surface area (Å²) in [6.45, 7) is 5.24. The van der Waals surface area contributed by atoms with Crippen LogP contribution in [0.1, 0.15) is 72.1 Å². The van der Waals surface area contributed by atoms with Crippen molar-refractivity contribution >= 4 is 11.9 Å². The average molecular weight is 779 g/mol. The van der Waals surface area contributed by atoms with E-state index in [-0.39, 0.29) is 31.6 Å². The molecular weight excluding hydrogens is 716 g/mol. The van der Waals surface area contributed by atoms with Crippen LogP contribution in [-0.2, 0) is 19.1 Å². The Morgan fingerprint density at radius 1 is 0.655 bits per heavy atom. The van der Waals surface area contributed by atoms with Gasteiger partial charge in [-0.25, -0.2) is 0 Å². The van der Waals surface area contributed by atoms with Gasteiger partial charge in [0, 0.05) is 37.5 Å². The van der Waals surface area contributed by atoms with Crippen molar-refractivity contribution in [2.45, 2.75) is 139 Å². The van der Waals surface area contributed by atoms with E-state index in [1.165, 1.54) is 6.08 Å². The summed E-state index contributed by atoms with van der Waals surface area (Å²) >= 11 is 0. The van der Waals surface area contributed by atoms with Crippen LogP contribution in [0.2, 0.25) is 0 Å². The molecule has 2 bridgehead atoms. The van der Waals surface area contributed by atoms with Gasteiger partial charge in [-0.3, -0.25) is 9.59 Å². The predicted octanol–water partition coefficient (Wildman–Crippen LogP) is 1.89. The Morgan fingerprint density at radius 3 is 1.76 bits per heavy atom. The van der Waals surface area contributed by atoms with E-state index in [0.29, 0.717) is 0 Å². The van der Waals surface area contributed by atoms with E-state index in [9.17, 15) is 60.7 Å². The molecule has 0 aromatic carbocycles. The van der Waals surface area contributed by atoms with Gasteiger partial charge >= 0.3 is 11.9 Å². The zero-order valence-electron chi connectivity index (χ0n) is 31.9. The standard InChI is InChI=1S/C41H62O14/c1-26-16-14-12-10-8-6-4-5-7-9-11-13-15-17-29(42)22-36-38(40(51)52)35(48)25-41(53,55-36)24-32(45)21-34(47)33(46)19-18-30(43)20-31(44)23-37(49)54-28(3)27(2)39(26)50/h4-17,26-36,38-39,42-48,50,53H,18-25H2,1-3H3,(H,51,52)/b5-4+,8-6+,9-7+,12-10+,13-11+,16-14+,17-15+/t26-,27-,28-,29-,30+,31+,32-,33+,34+,35-,36?,38+,39+,41+/m0/s1. The quantitative estimate of drug-likeness (QED) is 0.171. The molecule has 0 amide bonds. The van der Waals surface area contributed by atoms with E-state index in [4.69, 9.17) is 9.47 Å². The van der Waals surface area contributed by atoms with Crippen molar-refractivity contribution in [1.29, 1.82) is 0 Å². The first-order valence-corrected chi connectivity index (χ1v) is 18.9. The first-order chi connectivity index (χ1) is 25.9. The van der Waals surface area contributed by atoms with Gasteiger partial charge in [-0.05, 0) is 26.2 Å². The first-order valence-electron chi connectivity index (χ1n) is 18.9. The highest BCUT2D eigenvalue weighted by Crippen LogP contribution is 2.37. The van der Waals surface area contributed by atoms with E-state index in [1.54, 1.807) is 56.4 Å². The number of carboxylic acids is 1. The fourth-order valence-electron chi connectivity index (χ4n) is 6.53. The fourth-order valence-corrected chi connectivity index (χ4v) is 6.53. The predicted molar refractivity (Wildman–Crippen MR) is 204 cm³/mol. The van der Waals surface area contributed by atoms with Gasteiger partial charge in [0.25, 0.3) is 0 Å². The number of carbonyl (C=O) groups is 2. The number of carboxylic acid groups (broad SMARTS) is 1. The maximum absolute atomic E-state index is 12.5. The number of esters is 1. The van der Waals surface area contributed by atoms with Crippen molar-refractivity contribution in [2.24, 2.45) is 17.8 Å². The summed E-state index contributed by atoms with van der Waals surface area (Å²) in [5.41, 5.74) is 0. The van der Waals surface area contributed by atoms with Crippen LogP contribution in [0.3, 0.4) is 0 Å². The smallest absolute Gasteiger partial charge is 0.311 e. The Bertz CT molecular complexity index is 1370. The molecule has 0 aromatic heterocycles. The van der Waals surface area contributed by atoms with Crippen LogP contribution >= 0.6 is 0 Å². The highest BCUT2D eigenvalue weighted by molar-refractivity contribution is 5.71. The van der Waals surface area contributed by atoms with E-state index >= 15 is 0 Å². The molecule has 0 saturated carbocycles. The van der Waals surface area contributed by atoms with Crippen molar-refractivity contribution in [3.63, 3.8) is 0 Å². The molecule has 10 N–H and O–H groups in total. The second kappa shape index (κ2) is 24.4. The van der Waals surface area contributed by atoms with Crippen molar-refractivity contribution in [3.8, 4) is 0 Å². The molecule has 1 fully saturated rings. The minimum Gasteiger partial charge on any atom is -0.481 e. The number of aliphatic carboxylic acids is 1. The molecule has 55 heavy (non-hydrogen) atoms. The topological polar surface area (TPSA) is 255 Å². The monoisotopic (exact) mass is 778 g/mol. The van der Waals surface area contributed by atoms with Gasteiger partial charge in [-0.2, -0.15) is 0 Å². The van der Waals surface area contributed by atoms with Gasteiger partial charge in [0.05, 0.1) is 61.4 Å². The third-order valence-corrected chi connectivity index (χ3v) is 9.83. The molecule has 1 unspecified atom stereocenters. The summed E-state index contributed by atoms with van der Waals surface area (Å²) < 4.78 is 11.1. The largest absolute Gasteiger partial charge is 0.481 e. The Labute approximate surface area is 323 Å². The van der Waals surface area contributed by atoms with Gasteiger partial charge in [0.15, 0.2) is 5.79 Å². The third kappa shape index (κ3) is 18.0. The second-order valence-electron chi connectivity index (χ2n) is 14.7. The molecule has 310 valence electrons. The second-order valence-corrected chi connectivity index (χ2v) is 14.7. The van der Waals surface area contributed by atoms with E-state index in [0.717, 1.165) is 0 Å². The van der Waals surface area contributed by atoms with Crippen LogP contribution in [0.25, 0.3) is 0 Å². The van der Waals surface area contributed by atoms with E-state index in [2.05, 4.69) is 0 Å². The molecule has 14 atom stereocenters. The minimum atomic E-state index is -2.22. The molecule has 0 aromatic rings. The highest BCUT2D eigenvalue weighted by Gasteiger charge is 2.50. The van der Waals surface area contributed by atoms with Gasteiger partial charge < -0.3 is 60.5 Å². The molecule has 1 saturated heterocycles. The van der Waals surface area contributed by atoms with Crippen LogP contribution in [0, 0.1) is 17.8 Å². The summed E-state index contributed by atoms with van der Waals surface area (Å²) in [7, 11) is 0. The lowest BCUT2D eigenvalue weighted by Gasteiger charge is -2.44. The zero-order chi connectivity index (χ0) is 41.1. The lowest BCUT2D eigenvalue weighted by Crippen LogP contribution is -2.56. The normalized spacial score (nSPS) is 43.1. The number of allylic oxidation sites excluding steroid dienone is 12. The number of hydrogen-bond donors (Lipinski definition) is 10. The molecule has 14 heteroatoms. The first kappa shape index (κ1) is 47.9. The molecule has 0 aliphatic carbocycles. The van der Waals surface area contributed by atoms with E-state index in [1.807, 2.05) is 43.4 Å². The fraction of sp³-hybridized carbons (Fsp3) is 0.610. The number of hydrogen-bond acceptors (Lipinski definition) is 13. The van der Waals surface area contributed by atoms with Crippen LogP contribution in [0.4, 0.5) is 0 Å². The molecule has 2 aliphatic heterocycles. The lowest BCUT2D eigenvalue weighted by molar-refractivity contribution is -0.300. The minimum absolute atomic E-state index is 0.0747. The number of fused-ring (bicyclic) bond motifs is 2. The van der Waals surface area contributed by atoms with Crippen LogP contribution in [0.15, 0.2) is 85.1 Å². The molecule has 14 nitrogen and oxygen atoms in total. The van der Waals surface area contributed by atoms with Gasteiger partial charge in [0.1, 0.15) is 12.0 Å². The molecule has 0 radical (unpaired) electrons.